The number of carbonyl (C=O) groups is 1. The predicted molar refractivity (Wildman–Crippen MR) is 72.9 cm³/mol. The first-order valence-corrected chi connectivity index (χ1v) is 6.91. The van der Waals surface area contributed by atoms with Crippen LogP contribution < -0.4 is 5.32 Å². The smallest absolute Gasteiger partial charge is 0.226 e. The molecule has 1 N–H and O–H groups in total. The Labute approximate surface area is 115 Å². The molecule has 0 spiro atoms. The molecular weight excluding hydrogens is 262 g/mol. The van der Waals surface area contributed by atoms with Gasteiger partial charge in [-0.3, -0.25) is 9.48 Å². The Bertz CT molecular complexity index is 548. The van der Waals surface area contributed by atoms with Crippen LogP contribution in [0.4, 0.5) is 0 Å². The number of hydrogen-bond acceptors (Lipinski definition) is 5. The maximum atomic E-state index is 11.9. The first kappa shape index (κ1) is 13.7. The molecule has 1 atom stereocenters. The maximum Gasteiger partial charge on any atom is 0.226 e. The lowest BCUT2D eigenvalue weighted by molar-refractivity contribution is -0.121. The van der Waals surface area contributed by atoms with Crippen molar-refractivity contribution < 1.29 is 4.79 Å². The summed E-state index contributed by atoms with van der Waals surface area (Å²) < 4.78 is 1.70. The number of amides is 1. The van der Waals surface area contributed by atoms with Gasteiger partial charge in [-0.1, -0.05) is 0 Å². The van der Waals surface area contributed by atoms with Crippen LogP contribution in [0.1, 0.15) is 22.5 Å². The average molecular weight is 279 g/mol. The van der Waals surface area contributed by atoms with Crippen LogP contribution in [-0.4, -0.2) is 31.7 Å². The van der Waals surface area contributed by atoms with E-state index in [2.05, 4.69) is 20.4 Å². The Morgan fingerprint density at radius 2 is 2.32 bits per heavy atom. The summed E-state index contributed by atoms with van der Waals surface area (Å²) in [5.41, 5.74) is 0.868. The molecule has 1 amide bonds. The van der Waals surface area contributed by atoms with E-state index in [4.69, 9.17) is 0 Å². The number of rotatable bonds is 5. The van der Waals surface area contributed by atoms with E-state index in [-0.39, 0.29) is 11.9 Å². The number of hydrogen-bond donors (Lipinski definition) is 1. The van der Waals surface area contributed by atoms with Crippen molar-refractivity contribution in [3.8, 4) is 0 Å². The van der Waals surface area contributed by atoms with Crippen LogP contribution in [0.2, 0.25) is 0 Å². The molecular formula is C12H17N5OS. The van der Waals surface area contributed by atoms with Gasteiger partial charge in [0.2, 0.25) is 5.91 Å². The fourth-order valence-corrected chi connectivity index (χ4v) is 2.70. The SMILES string of the molecule is Cc1nc(CC(=O)NC(C)Cn2cncn2)c(C)s1. The quantitative estimate of drug-likeness (QED) is 0.889. The second-order valence-electron chi connectivity index (χ2n) is 4.50. The molecule has 0 saturated heterocycles. The Hall–Kier alpha value is -1.76. The lowest BCUT2D eigenvalue weighted by Crippen LogP contribution is -2.36. The number of nitrogens with zero attached hydrogens (tertiary/aromatic N) is 4. The minimum Gasteiger partial charge on any atom is -0.351 e. The minimum atomic E-state index is -0.0129. The normalized spacial score (nSPS) is 12.4. The van der Waals surface area contributed by atoms with Gasteiger partial charge in [0.1, 0.15) is 12.7 Å². The molecule has 0 fully saturated rings. The fourth-order valence-electron chi connectivity index (χ4n) is 1.87. The Kier molecular flexibility index (Phi) is 4.26. The van der Waals surface area contributed by atoms with E-state index >= 15 is 0 Å². The van der Waals surface area contributed by atoms with Crippen molar-refractivity contribution in [1.29, 1.82) is 0 Å². The summed E-state index contributed by atoms with van der Waals surface area (Å²) in [5, 5.41) is 7.94. The van der Waals surface area contributed by atoms with Gasteiger partial charge < -0.3 is 5.32 Å². The van der Waals surface area contributed by atoms with Crippen molar-refractivity contribution >= 4 is 17.2 Å². The van der Waals surface area contributed by atoms with Crippen LogP contribution in [-0.2, 0) is 17.8 Å². The van der Waals surface area contributed by atoms with Crippen molar-refractivity contribution in [2.45, 2.75) is 39.8 Å². The van der Waals surface area contributed by atoms with Gasteiger partial charge in [0, 0.05) is 10.9 Å². The number of carbonyl (C=O) groups excluding carboxylic acids is 1. The van der Waals surface area contributed by atoms with E-state index in [1.54, 1.807) is 22.3 Å². The van der Waals surface area contributed by atoms with Crippen LogP contribution in [0.25, 0.3) is 0 Å². The lowest BCUT2D eigenvalue weighted by atomic mass is 10.2. The molecule has 2 aromatic heterocycles. The van der Waals surface area contributed by atoms with Crippen LogP contribution in [0.15, 0.2) is 12.7 Å². The van der Waals surface area contributed by atoms with E-state index < -0.39 is 0 Å². The summed E-state index contributed by atoms with van der Waals surface area (Å²) in [7, 11) is 0. The monoisotopic (exact) mass is 279 g/mol. The number of aryl methyl sites for hydroxylation is 2. The van der Waals surface area contributed by atoms with Gasteiger partial charge in [-0.15, -0.1) is 11.3 Å². The highest BCUT2D eigenvalue weighted by atomic mass is 32.1. The second-order valence-corrected chi connectivity index (χ2v) is 5.91. The molecule has 2 heterocycles. The molecule has 0 radical (unpaired) electrons. The summed E-state index contributed by atoms with van der Waals surface area (Å²) in [4.78, 5) is 21.3. The first-order valence-electron chi connectivity index (χ1n) is 6.09. The predicted octanol–water partition coefficient (Wildman–Crippen LogP) is 1.10. The molecule has 0 bridgehead atoms. The molecule has 6 nitrogen and oxygen atoms in total. The standard InChI is InChI=1S/C12H17N5OS/c1-8(5-17-7-13-6-14-17)15-12(18)4-11-9(2)19-10(3)16-11/h6-8H,4-5H2,1-3H3,(H,15,18). The summed E-state index contributed by atoms with van der Waals surface area (Å²) in [6.45, 7) is 6.50. The molecule has 2 aromatic rings. The molecule has 1 unspecified atom stereocenters. The van der Waals surface area contributed by atoms with Crippen LogP contribution in [0, 0.1) is 13.8 Å². The molecule has 0 aliphatic heterocycles. The lowest BCUT2D eigenvalue weighted by Gasteiger charge is -2.13. The van der Waals surface area contributed by atoms with E-state index in [1.807, 2.05) is 20.8 Å². The number of thiazole rings is 1. The summed E-state index contributed by atoms with van der Waals surface area (Å²) in [6.07, 6.45) is 3.45. The molecule has 0 aliphatic carbocycles. The van der Waals surface area contributed by atoms with Gasteiger partial charge in [-0.2, -0.15) is 5.10 Å². The average Bonchev–Trinajstić information content (AvgIpc) is 2.89. The van der Waals surface area contributed by atoms with Crippen molar-refractivity contribution in [2.24, 2.45) is 0 Å². The fraction of sp³-hybridized carbons (Fsp3) is 0.500. The molecule has 7 heteroatoms. The van der Waals surface area contributed by atoms with Gasteiger partial charge in [-0.05, 0) is 20.8 Å². The molecule has 0 saturated carbocycles. The molecule has 2 rings (SSSR count). The third-order valence-electron chi connectivity index (χ3n) is 2.66. The van der Waals surface area contributed by atoms with Crippen molar-refractivity contribution in [1.82, 2.24) is 25.1 Å². The summed E-state index contributed by atoms with van der Waals surface area (Å²) >= 11 is 1.62. The topological polar surface area (TPSA) is 72.7 Å². The molecule has 102 valence electrons. The third kappa shape index (κ3) is 3.85. The largest absolute Gasteiger partial charge is 0.351 e. The van der Waals surface area contributed by atoms with Crippen LogP contribution >= 0.6 is 11.3 Å². The highest BCUT2D eigenvalue weighted by Gasteiger charge is 2.13. The summed E-state index contributed by atoms with van der Waals surface area (Å²) in [5.74, 6) is -0.0129. The molecule has 0 aromatic carbocycles. The highest BCUT2D eigenvalue weighted by molar-refractivity contribution is 7.11. The van der Waals surface area contributed by atoms with Gasteiger partial charge >= 0.3 is 0 Å². The molecule has 0 aliphatic rings. The van der Waals surface area contributed by atoms with Gasteiger partial charge in [0.05, 0.1) is 23.7 Å². The summed E-state index contributed by atoms with van der Waals surface area (Å²) in [6, 6.07) is 0.00855. The van der Waals surface area contributed by atoms with Gasteiger partial charge in [0.15, 0.2) is 0 Å². The van der Waals surface area contributed by atoms with E-state index in [0.29, 0.717) is 13.0 Å². The highest BCUT2D eigenvalue weighted by Crippen LogP contribution is 2.16. The van der Waals surface area contributed by atoms with E-state index in [1.165, 1.54) is 6.33 Å². The zero-order valence-electron chi connectivity index (χ0n) is 11.3. The third-order valence-corrected chi connectivity index (χ3v) is 3.59. The zero-order chi connectivity index (χ0) is 13.8. The van der Waals surface area contributed by atoms with Crippen LogP contribution in [0.3, 0.4) is 0 Å². The van der Waals surface area contributed by atoms with Crippen LogP contribution in [0.5, 0.6) is 0 Å². The van der Waals surface area contributed by atoms with Crippen molar-refractivity contribution in [2.75, 3.05) is 0 Å². The maximum absolute atomic E-state index is 11.9. The zero-order valence-corrected chi connectivity index (χ0v) is 12.1. The van der Waals surface area contributed by atoms with Gasteiger partial charge in [-0.25, -0.2) is 9.97 Å². The van der Waals surface area contributed by atoms with Gasteiger partial charge in [0.25, 0.3) is 0 Å². The minimum absolute atomic E-state index is 0.00855. The van der Waals surface area contributed by atoms with Crippen molar-refractivity contribution in [3.05, 3.63) is 28.2 Å². The Morgan fingerprint density at radius 1 is 1.53 bits per heavy atom. The first-order chi connectivity index (χ1) is 9.04. The molecule has 19 heavy (non-hydrogen) atoms. The van der Waals surface area contributed by atoms with E-state index in [9.17, 15) is 4.79 Å². The Balaban J connectivity index is 1.85. The number of nitrogens with one attached hydrogen (secondary N) is 1. The second kappa shape index (κ2) is 5.92. The Morgan fingerprint density at radius 3 is 2.89 bits per heavy atom. The number of aromatic nitrogens is 4. The van der Waals surface area contributed by atoms with Crippen molar-refractivity contribution in [3.63, 3.8) is 0 Å². The van der Waals surface area contributed by atoms with E-state index in [0.717, 1.165) is 15.6 Å².